The first-order valence-corrected chi connectivity index (χ1v) is 11.7. The number of anilines is 1. The normalized spacial score (nSPS) is 29.1. The lowest BCUT2D eigenvalue weighted by Crippen LogP contribution is -2.48. The van der Waals surface area contributed by atoms with E-state index in [0.717, 1.165) is 25.3 Å². The van der Waals surface area contributed by atoms with Crippen LogP contribution in [0.1, 0.15) is 49.3 Å². The fraction of sp³-hybridized carbons (Fsp3) is 0.542. The second-order valence-corrected chi connectivity index (χ2v) is 9.08. The molecule has 1 unspecified atom stereocenters. The molecule has 0 radical (unpaired) electrons. The van der Waals surface area contributed by atoms with Crippen molar-refractivity contribution in [2.75, 3.05) is 17.7 Å². The second-order valence-electron chi connectivity index (χ2n) is 8.70. The zero-order valence-corrected chi connectivity index (χ0v) is 18.5. The molecule has 8 heteroatoms. The number of ether oxygens (including phenoxy) is 1. The first kappa shape index (κ1) is 23.2. The van der Waals surface area contributed by atoms with Crippen LogP contribution in [-0.2, 0) is 15.7 Å². The molecule has 1 aromatic rings. The van der Waals surface area contributed by atoms with Crippen molar-refractivity contribution in [3.63, 3.8) is 0 Å². The van der Waals surface area contributed by atoms with Crippen LogP contribution in [0.5, 0.6) is 0 Å². The van der Waals surface area contributed by atoms with Crippen LogP contribution in [0.2, 0.25) is 0 Å². The lowest BCUT2D eigenvalue weighted by Gasteiger charge is -2.47. The van der Waals surface area contributed by atoms with E-state index in [1.807, 2.05) is 12.2 Å². The van der Waals surface area contributed by atoms with Crippen molar-refractivity contribution in [2.45, 2.75) is 56.5 Å². The summed E-state index contributed by atoms with van der Waals surface area (Å²) in [5.74, 6) is 0.640. The van der Waals surface area contributed by atoms with Gasteiger partial charge in [-0.15, -0.1) is 11.6 Å². The van der Waals surface area contributed by atoms with Gasteiger partial charge in [-0.1, -0.05) is 24.3 Å². The molecular weight excluding hydrogens is 441 g/mol. The number of alkyl halides is 4. The zero-order chi connectivity index (χ0) is 22.7. The van der Waals surface area contributed by atoms with Gasteiger partial charge in [0.05, 0.1) is 17.8 Å². The summed E-state index contributed by atoms with van der Waals surface area (Å²) in [4.78, 5) is 12.0. The van der Waals surface area contributed by atoms with Gasteiger partial charge in [0, 0.05) is 48.0 Å². The standard InChI is InChI=1S/C24H28ClF3N2O2/c25-12-4-7-21(31)29-14-17-9-10-18-22(15-5-2-1-3-6-15)30-20-11-8-16(24(26,27)28)13-19(20)23(18)32-17/h1-3,5,8,11,13,15,17-18,22-23,30H,4,6-7,9-10,12,14H2,(H,29,31)/t15?,17-,18+,22+,23+/m1/s1. The summed E-state index contributed by atoms with van der Waals surface area (Å²) >= 11 is 5.64. The highest BCUT2D eigenvalue weighted by atomic mass is 35.5. The lowest BCUT2D eigenvalue weighted by atomic mass is 9.73. The van der Waals surface area contributed by atoms with E-state index in [9.17, 15) is 18.0 Å². The Labute approximate surface area is 191 Å². The van der Waals surface area contributed by atoms with Crippen LogP contribution in [0.25, 0.3) is 0 Å². The number of hydrogen-bond acceptors (Lipinski definition) is 3. The van der Waals surface area contributed by atoms with Gasteiger partial charge in [0.25, 0.3) is 0 Å². The molecule has 0 spiro atoms. The van der Waals surface area contributed by atoms with Crippen molar-refractivity contribution in [1.29, 1.82) is 0 Å². The molecule has 1 aromatic carbocycles. The molecule has 174 valence electrons. The fourth-order valence-electron chi connectivity index (χ4n) is 4.95. The number of nitrogens with one attached hydrogen (secondary N) is 2. The zero-order valence-electron chi connectivity index (χ0n) is 17.7. The summed E-state index contributed by atoms with van der Waals surface area (Å²) in [7, 11) is 0. The van der Waals surface area contributed by atoms with Crippen molar-refractivity contribution in [3.8, 4) is 0 Å². The molecule has 4 nitrogen and oxygen atoms in total. The molecule has 0 aromatic heterocycles. The highest BCUT2D eigenvalue weighted by molar-refractivity contribution is 6.17. The van der Waals surface area contributed by atoms with E-state index in [1.165, 1.54) is 12.1 Å². The van der Waals surface area contributed by atoms with Gasteiger partial charge >= 0.3 is 6.18 Å². The van der Waals surface area contributed by atoms with Crippen molar-refractivity contribution < 1.29 is 22.7 Å². The van der Waals surface area contributed by atoms with Crippen LogP contribution in [0.4, 0.5) is 18.9 Å². The number of rotatable bonds is 6. The molecule has 5 atom stereocenters. The van der Waals surface area contributed by atoms with Crippen LogP contribution in [0, 0.1) is 11.8 Å². The van der Waals surface area contributed by atoms with E-state index in [-0.39, 0.29) is 29.9 Å². The summed E-state index contributed by atoms with van der Waals surface area (Å²) in [6.07, 6.45) is 6.62. The largest absolute Gasteiger partial charge is 0.416 e. The SMILES string of the molecule is O=C(CCCCl)NC[C@H]1CC[C@@H]2[C@H](O1)c1cc(C(F)(F)F)ccc1N[C@H]2C1C=CC=CC1. The quantitative estimate of drug-likeness (QED) is 0.534. The first-order chi connectivity index (χ1) is 15.4. The number of carbonyl (C=O) groups excluding carboxylic acids is 1. The highest BCUT2D eigenvalue weighted by Gasteiger charge is 2.45. The maximum absolute atomic E-state index is 13.4. The molecular formula is C24H28ClF3N2O2. The Morgan fingerprint density at radius 1 is 1.25 bits per heavy atom. The average molecular weight is 469 g/mol. The Morgan fingerprint density at radius 2 is 2.09 bits per heavy atom. The number of halogens is 4. The number of carbonyl (C=O) groups is 1. The van der Waals surface area contributed by atoms with Gasteiger partial charge in [-0.2, -0.15) is 13.2 Å². The maximum atomic E-state index is 13.4. The molecule has 1 fully saturated rings. The van der Waals surface area contributed by atoms with Crippen LogP contribution in [0.3, 0.4) is 0 Å². The van der Waals surface area contributed by atoms with E-state index in [1.54, 1.807) is 0 Å². The van der Waals surface area contributed by atoms with Crippen molar-refractivity contribution >= 4 is 23.2 Å². The molecule has 0 saturated carbocycles. The fourth-order valence-corrected chi connectivity index (χ4v) is 5.09. The highest BCUT2D eigenvalue weighted by Crippen LogP contribution is 2.49. The molecule has 0 bridgehead atoms. The van der Waals surface area contributed by atoms with Crippen LogP contribution in [-0.4, -0.2) is 30.5 Å². The predicted octanol–water partition coefficient (Wildman–Crippen LogP) is 5.60. The molecule has 2 heterocycles. The van der Waals surface area contributed by atoms with Gasteiger partial charge in [0.2, 0.25) is 5.91 Å². The van der Waals surface area contributed by atoms with Gasteiger partial charge in [-0.05, 0) is 43.9 Å². The summed E-state index contributed by atoms with van der Waals surface area (Å²) in [5, 5.41) is 6.40. The molecule has 1 amide bonds. The van der Waals surface area contributed by atoms with E-state index in [4.69, 9.17) is 16.3 Å². The number of amides is 1. The van der Waals surface area contributed by atoms with Gasteiger partial charge in [0.15, 0.2) is 0 Å². The van der Waals surface area contributed by atoms with E-state index in [2.05, 4.69) is 22.8 Å². The smallest absolute Gasteiger partial charge is 0.381 e. The Balaban J connectivity index is 1.56. The van der Waals surface area contributed by atoms with Crippen molar-refractivity contribution in [1.82, 2.24) is 5.32 Å². The van der Waals surface area contributed by atoms with Crippen LogP contribution >= 0.6 is 11.6 Å². The van der Waals surface area contributed by atoms with Crippen molar-refractivity contribution in [2.24, 2.45) is 11.8 Å². The third-order valence-corrected chi connectivity index (χ3v) is 6.83. The minimum absolute atomic E-state index is 0.0512. The average Bonchev–Trinajstić information content (AvgIpc) is 2.80. The van der Waals surface area contributed by atoms with Gasteiger partial charge in [-0.3, -0.25) is 4.79 Å². The van der Waals surface area contributed by atoms with Gasteiger partial charge in [-0.25, -0.2) is 0 Å². The molecule has 2 N–H and O–H groups in total. The molecule has 32 heavy (non-hydrogen) atoms. The number of hydrogen-bond donors (Lipinski definition) is 2. The van der Waals surface area contributed by atoms with Gasteiger partial charge in [0.1, 0.15) is 0 Å². The third-order valence-electron chi connectivity index (χ3n) is 6.56. The molecule has 1 saturated heterocycles. The minimum Gasteiger partial charge on any atom is -0.381 e. The minimum atomic E-state index is -4.41. The lowest BCUT2D eigenvalue weighted by molar-refractivity contribution is -0.138. The Hall–Kier alpha value is -1.99. The van der Waals surface area contributed by atoms with E-state index in [0.29, 0.717) is 36.5 Å². The summed E-state index contributed by atoms with van der Waals surface area (Å²) in [6, 6.07) is 3.93. The first-order valence-electron chi connectivity index (χ1n) is 11.2. The monoisotopic (exact) mass is 468 g/mol. The molecule has 3 aliphatic rings. The summed E-state index contributed by atoms with van der Waals surface area (Å²) < 4.78 is 46.6. The van der Waals surface area contributed by atoms with E-state index < -0.39 is 17.8 Å². The second kappa shape index (κ2) is 9.87. The maximum Gasteiger partial charge on any atom is 0.416 e. The Bertz CT molecular complexity index is 886. The van der Waals surface area contributed by atoms with E-state index >= 15 is 0 Å². The summed E-state index contributed by atoms with van der Waals surface area (Å²) in [5.41, 5.74) is 0.574. The molecule has 2 aliphatic heterocycles. The topological polar surface area (TPSA) is 50.4 Å². The number of benzene rings is 1. The van der Waals surface area contributed by atoms with Crippen LogP contribution < -0.4 is 10.6 Å². The van der Waals surface area contributed by atoms with Crippen molar-refractivity contribution in [3.05, 3.63) is 53.6 Å². The Kier molecular flexibility index (Phi) is 7.15. The molecule has 4 rings (SSSR count). The Morgan fingerprint density at radius 3 is 2.81 bits per heavy atom. The number of fused-ring (bicyclic) bond motifs is 3. The summed E-state index contributed by atoms with van der Waals surface area (Å²) in [6.45, 7) is 0.350. The van der Waals surface area contributed by atoms with Gasteiger partial charge < -0.3 is 15.4 Å². The number of allylic oxidation sites excluding steroid dienone is 3. The van der Waals surface area contributed by atoms with Crippen LogP contribution in [0.15, 0.2) is 42.5 Å². The molecule has 1 aliphatic carbocycles. The third kappa shape index (κ3) is 5.15. The predicted molar refractivity (Wildman–Crippen MR) is 119 cm³/mol.